The first kappa shape index (κ1) is 21.1. The fourth-order valence-electron chi connectivity index (χ4n) is 4.52. The molecule has 0 saturated carbocycles. The van der Waals surface area contributed by atoms with Gasteiger partial charge in [0, 0.05) is 10.8 Å². The lowest BCUT2D eigenvalue weighted by molar-refractivity contribution is 0.637. The molecule has 0 amide bonds. The third-order valence-corrected chi connectivity index (χ3v) is 6.94. The molecule has 0 bridgehead atoms. The SMILES string of the molecule is Cc1ccc(C(C)(C)c2ccc(C(C)(c3ccccc3)c3ccc(C)cc3)cc2)cc1. The van der Waals surface area contributed by atoms with E-state index < -0.39 is 0 Å². The molecule has 31 heavy (non-hydrogen) atoms. The molecule has 0 heterocycles. The largest absolute Gasteiger partial charge is 0.0622 e. The second-order valence-corrected chi connectivity index (χ2v) is 9.43. The summed E-state index contributed by atoms with van der Waals surface area (Å²) in [5.74, 6) is 0. The maximum absolute atomic E-state index is 2.34. The summed E-state index contributed by atoms with van der Waals surface area (Å²) in [7, 11) is 0. The molecule has 4 aromatic rings. The highest BCUT2D eigenvalue weighted by Gasteiger charge is 2.32. The summed E-state index contributed by atoms with van der Waals surface area (Å²) in [6, 6.07) is 38.0. The van der Waals surface area contributed by atoms with E-state index in [9.17, 15) is 0 Å². The zero-order valence-electron chi connectivity index (χ0n) is 19.3. The van der Waals surface area contributed by atoms with Crippen molar-refractivity contribution < 1.29 is 0 Å². The number of rotatable bonds is 5. The van der Waals surface area contributed by atoms with E-state index in [-0.39, 0.29) is 10.8 Å². The molecule has 0 aromatic heterocycles. The summed E-state index contributed by atoms with van der Waals surface area (Å²) in [5.41, 5.74) is 8.95. The molecule has 1 atom stereocenters. The Hall–Kier alpha value is -3.12. The minimum absolute atomic E-state index is 0.0424. The lowest BCUT2D eigenvalue weighted by Crippen LogP contribution is -2.26. The molecule has 1 unspecified atom stereocenters. The second-order valence-electron chi connectivity index (χ2n) is 9.43. The van der Waals surface area contributed by atoms with Crippen molar-refractivity contribution in [1.82, 2.24) is 0 Å². The Morgan fingerprint density at radius 1 is 0.387 bits per heavy atom. The van der Waals surface area contributed by atoms with Crippen LogP contribution in [0.3, 0.4) is 0 Å². The van der Waals surface area contributed by atoms with Gasteiger partial charge in [0.2, 0.25) is 0 Å². The molecule has 156 valence electrons. The highest BCUT2D eigenvalue weighted by molar-refractivity contribution is 5.51. The Bertz CT molecular complexity index is 1130. The van der Waals surface area contributed by atoms with Crippen LogP contribution >= 0.6 is 0 Å². The lowest BCUT2D eigenvalue weighted by Gasteiger charge is -2.33. The van der Waals surface area contributed by atoms with Crippen molar-refractivity contribution in [2.75, 3.05) is 0 Å². The standard InChI is InChI=1S/C31H32/c1-23-11-15-25(16-12-23)30(3,4)26-19-21-29(22-20-26)31(5,27-9-7-6-8-10-27)28-17-13-24(2)14-18-28/h6-22H,1-5H3. The molecule has 0 aliphatic carbocycles. The average molecular weight is 405 g/mol. The van der Waals surface area contributed by atoms with E-state index in [0.717, 1.165) is 0 Å². The van der Waals surface area contributed by atoms with E-state index in [0.29, 0.717) is 0 Å². The zero-order valence-corrected chi connectivity index (χ0v) is 19.3. The molecule has 0 heteroatoms. The number of aryl methyl sites for hydroxylation is 2. The van der Waals surface area contributed by atoms with Gasteiger partial charge in [-0.15, -0.1) is 0 Å². The van der Waals surface area contributed by atoms with Crippen LogP contribution in [0.5, 0.6) is 0 Å². The van der Waals surface area contributed by atoms with Gasteiger partial charge in [-0.3, -0.25) is 0 Å². The van der Waals surface area contributed by atoms with Crippen LogP contribution < -0.4 is 0 Å². The molecule has 0 saturated heterocycles. The first-order chi connectivity index (χ1) is 14.8. The summed E-state index contributed by atoms with van der Waals surface area (Å²) >= 11 is 0. The van der Waals surface area contributed by atoms with Crippen LogP contribution in [0.25, 0.3) is 0 Å². The summed E-state index contributed by atoms with van der Waals surface area (Å²) < 4.78 is 0. The van der Waals surface area contributed by atoms with Crippen LogP contribution in [0.1, 0.15) is 59.7 Å². The molecular formula is C31H32. The van der Waals surface area contributed by atoms with Gasteiger partial charge in [0.25, 0.3) is 0 Å². The number of benzene rings is 4. The fourth-order valence-corrected chi connectivity index (χ4v) is 4.52. The molecule has 4 rings (SSSR count). The highest BCUT2D eigenvalue weighted by atomic mass is 14.3. The van der Waals surface area contributed by atoms with Crippen LogP contribution in [0, 0.1) is 13.8 Å². The van der Waals surface area contributed by atoms with E-state index in [2.05, 4.69) is 138 Å². The molecule has 0 spiro atoms. The van der Waals surface area contributed by atoms with Gasteiger partial charge in [0.15, 0.2) is 0 Å². The Morgan fingerprint density at radius 2 is 0.710 bits per heavy atom. The molecule has 0 radical (unpaired) electrons. The van der Waals surface area contributed by atoms with Crippen LogP contribution in [0.4, 0.5) is 0 Å². The van der Waals surface area contributed by atoms with Crippen LogP contribution in [0.15, 0.2) is 103 Å². The van der Waals surface area contributed by atoms with Crippen molar-refractivity contribution in [3.63, 3.8) is 0 Å². The van der Waals surface area contributed by atoms with E-state index in [1.54, 1.807) is 0 Å². The van der Waals surface area contributed by atoms with Gasteiger partial charge in [-0.2, -0.15) is 0 Å². The molecule has 0 aliphatic heterocycles. The van der Waals surface area contributed by atoms with Gasteiger partial charge in [0.1, 0.15) is 0 Å². The molecule has 0 nitrogen and oxygen atoms in total. The second kappa shape index (κ2) is 8.19. The van der Waals surface area contributed by atoms with Gasteiger partial charge in [-0.05, 0) is 48.6 Å². The van der Waals surface area contributed by atoms with E-state index in [1.807, 2.05) is 0 Å². The zero-order chi connectivity index (χ0) is 22.1. The molecule has 0 fully saturated rings. The third kappa shape index (κ3) is 3.95. The van der Waals surface area contributed by atoms with Gasteiger partial charge >= 0.3 is 0 Å². The Morgan fingerprint density at radius 3 is 1.16 bits per heavy atom. The first-order valence-corrected chi connectivity index (χ1v) is 11.1. The minimum atomic E-state index is -0.207. The molecule has 0 aliphatic rings. The summed E-state index contributed by atoms with van der Waals surface area (Å²) in [4.78, 5) is 0. The fraction of sp³-hybridized carbons (Fsp3) is 0.226. The van der Waals surface area contributed by atoms with Gasteiger partial charge < -0.3 is 0 Å². The smallest absolute Gasteiger partial charge is 0.0423 e. The van der Waals surface area contributed by atoms with Crippen molar-refractivity contribution >= 4 is 0 Å². The number of hydrogen-bond acceptors (Lipinski definition) is 0. The van der Waals surface area contributed by atoms with Crippen LogP contribution in [-0.2, 0) is 10.8 Å². The van der Waals surface area contributed by atoms with Crippen molar-refractivity contribution in [3.8, 4) is 0 Å². The lowest BCUT2D eigenvalue weighted by atomic mass is 9.70. The quantitative estimate of drug-likeness (QED) is 0.296. The van der Waals surface area contributed by atoms with E-state index in [4.69, 9.17) is 0 Å². The maximum atomic E-state index is 2.34. The van der Waals surface area contributed by atoms with Crippen LogP contribution in [0.2, 0.25) is 0 Å². The summed E-state index contributed by atoms with van der Waals surface area (Å²) in [6.45, 7) is 11.2. The predicted molar refractivity (Wildman–Crippen MR) is 133 cm³/mol. The Balaban J connectivity index is 1.78. The first-order valence-electron chi connectivity index (χ1n) is 11.1. The maximum Gasteiger partial charge on any atom is 0.0423 e. The minimum Gasteiger partial charge on any atom is -0.0622 e. The summed E-state index contributed by atoms with van der Waals surface area (Å²) in [6.07, 6.45) is 0. The van der Waals surface area contributed by atoms with Gasteiger partial charge in [-0.1, -0.05) is 128 Å². The Labute approximate surface area is 187 Å². The van der Waals surface area contributed by atoms with Crippen molar-refractivity contribution in [2.24, 2.45) is 0 Å². The van der Waals surface area contributed by atoms with E-state index >= 15 is 0 Å². The van der Waals surface area contributed by atoms with Crippen molar-refractivity contribution in [1.29, 1.82) is 0 Å². The molecule has 4 aromatic carbocycles. The van der Waals surface area contributed by atoms with Crippen molar-refractivity contribution in [2.45, 2.75) is 45.4 Å². The highest BCUT2D eigenvalue weighted by Crippen LogP contribution is 2.40. The molecule has 0 N–H and O–H groups in total. The normalized spacial score (nSPS) is 13.6. The van der Waals surface area contributed by atoms with E-state index in [1.165, 1.54) is 38.9 Å². The average Bonchev–Trinajstić information content (AvgIpc) is 2.80. The van der Waals surface area contributed by atoms with Gasteiger partial charge in [-0.25, -0.2) is 0 Å². The topological polar surface area (TPSA) is 0 Å². The predicted octanol–water partition coefficient (Wildman–Crippen LogP) is 7.98. The summed E-state index contributed by atoms with van der Waals surface area (Å²) in [5, 5.41) is 0. The Kier molecular flexibility index (Phi) is 5.58. The number of hydrogen-bond donors (Lipinski definition) is 0. The van der Waals surface area contributed by atoms with Crippen LogP contribution in [-0.4, -0.2) is 0 Å². The van der Waals surface area contributed by atoms with Gasteiger partial charge in [0.05, 0.1) is 0 Å². The van der Waals surface area contributed by atoms with Crippen molar-refractivity contribution in [3.05, 3.63) is 142 Å². The monoisotopic (exact) mass is 404 g/mol. The molecular weight excluding hydrogens is 372 g/mol. The third-order valence-electron chi connectivity index (χ3n) is 6.94.